The van der Waals surface area contributed by atoms with Gasteiger partial charge in [0.1, 0.15) is 0 Å². The Morgan fingerprint density at radius 1 is 0.950 bits per heavy atom. The van der Waals surface area contributed by atoms with Crippen molar-refractivity contribution in [1.82, 2.24) is 9.80 Å². The van der Waals surface area contributed by atoms with Crippen molar-refractivity contribution in [3.8, 4) is 0 Å². The van der Waals surface area contributed by atoms with Crippen LogP contribution in [-0.4, -0.2) is 47.8 Å². The van der Waals surface area contributed by atoms with E-state index < -0.39 is 0 Å². The number of rotatable bonds is 9. The minimum absolute atomic E-state index is 0.0577. The van der Waals surface area contributed by atoms with Gasteiger partial charge in [-0.05, 0) is 34.1 Å². The van der Waals surface area contributed by atoms with Crippen LogP contribution in [0.3, 0.4) is 0 Å². The highest BCUT2D eigenvalue weighted by Gasteiger charge is 2.33. The maximum Gasteiger partial charge on any atom is 0.226 e. The Bertz CT molecular complexity index is 320. The molecule has 0 aromatic rings. The summed E-state index contributed by atoms with van der Waals surface area (Å²) < 4.78 is 0. The summed E-state index contributed by atoms with van der Waals surface area (Å²) in [5, 5.41) is 0. The minimum atomic E-state index is -0.305. The van der Waals surface area contributed by atoms with Crippen molar-refractivity contribution in [3.63, 3.8) is 0 Å². The number of nitrogens with zero attached hydrogens (tertiary/aromatic N) is 2. The molecule has 0 rings (SSSR count). The van der Waals surface area contributed by atoms with E-state index in [9.17, 15) is 9.59 Å². The Hall–Kier alpha value is -1.32. The van der Waals surface area contributed by atoms with E-state index in [4.69, 9.17) is 0 Å². The van der Waals surface area contributed by atoms with Crippen LogP contribution in [0.25, 0.3) is 0 Å². The fourth-order valence-electron chi connectivity index (χ4n) is 2.46. The molecule has 0 aromatic heterocycles. The van der Waals surface area contributed by atoms with Crippen LogP contribution in [0, 0.1) is 11.8 Å². The van der Waals surface area contributed by atoms with Crippen molar-refractivity contribution in [2.45, 2.75) is 41.0 Å². The van der Waals surface area contributed by atoms with Crippen LogP contribution < -0.4 is 0 Å². The molecule has 4 nitrogen and oxygen atoms in total. The normalized spacial score (nSPS) is 13.4. The molecule has 0 aromatic carbocycles. The van der Waals surface area contributed by atoms with Crippen LogP contribution >= 0.6 is 0 Å². The molecule has 0 radical (unpaired) electrons. The number of carbonyl (C=O) groups excluding carboxylic acids is 2. The van der Waals surface area contributed by atoms with Crippen molar-refractivity contribution in [2.24, 2.45) is 11.8 Å². The minimum Gasteiger partial charge on any atom is -0.343 e. The molecule has 4 heteroatoms. The van der Waals surface area contributed by atoms with E-state index in [1.807, 2.05) is 34.6 Å². The summed E-state index contributed by atoms with van der Waals surface area (Å²) in [6, 6.07) is 0. The first-order chi connectivity index (χ1) is 9.48. The van der Waals surface area contributed by atoms with Crippen molar-refractivity contribution in [1.29, 1.82) is 0 Å². The maximum atomic E-state index is 12.5. The van der Waals surface area contributed by atoms with Crippen LogP contribution in [0.15, 0.2) is 12.7 Å². The second-order valence-corrected chi connectivity index (χ2v) is 4.94. The molecule has 0 fully saturated rings. The van der Waals surface area contributed by atoms with Gasteiger partial charge < -0.3 is 9.80 Å². The smallest absolute Gasteiger partial charge is 0.226 e. The molecular formula is C16H30N2O2. The third-order valence-corrected chi connectivity index (χ3v) is 3.88. The highest BCUT2D eigenvalue weighted by atomic mass is 16.2. The molecule has 0 saturated carbocycles. The molecule has 116 valence electrons. The van der Waals surface area contributed by atoms with Gasteiger partial charge in [0.25, 0.3) is 0 Å². The quantitative estimate of drug-likeness (QED) is 0.610. The SMILES string of the molecule is C=CCC(C(=O)N(CC)CC)C(C)C(=O)N(CC)CC. The summed E-state index contributed by atoms with van der Waals surface area (Å²) in [6.45, 7) is 16.1. The standard InChI is InChI=1S/C16H30N2O2/c1-7-12-14(16(20)18(10-4)11-5)13(6)15(19)17(8-2)9-3/h7,13-14H,1,8-12H2,2-6H3. The third-order valence-electron chi connectivity index (χ3n) is 3.88. The molecule has 2 amide bonds. The molecule has 0 aliphatic heterocycles. The highest BCUT2D eigenvalue weighted by molar-refractivity contribution is 5.87. The maximum absolute atomic E-state index is 12.5. The first-order valence-electron chi connectivity index (χ1n) is 7.66. The van der Waals surface area contributed by atoms with Gasteiger partial charge in [-0.15, -0.1) is 6.58 Å². The van der Waals surface area contributed by atoms with Gasteiger partial charge in [-0.1, -0.05) is 13.0 Å². The van der Waals surface area contributed by atoms with Gasteiger partial charge in [-0.2, -0.15) is 0 Å². The fourth-order valence-corrected chi connectivity index (χ4v) is 2.46. The molecule has 0 N–H and O–H groups in total. The van der Waals surface area contributed by atoms with Gasteiger partial charge >= 0.3 is 0 Å². The lowest BCUT2D eigenvalue weighted by molar-refractivity contribution is -0.145. The van der Waals surface area contributed by atoms with E-state index >= 15 is 0 Å². The van der Waals surface area contributed by atoms with Gasteiger partial charge in [0.05, 0.1) is 5.92 Å². The highest BCUT2D eigenvalue weighted by Crippen LogP contribution is 2.21. The zero-order valence-electron chi connectivity index (χ0n) is 13.7. The summed E-state index contributed by atoms with van der Waals surface area (Å²) in [5.41, 5.74) is 0. The van der Waals surface area contributed by atoms with Crippen LogP contribution in [0.5, 0.6) is 0 Å². The second kappa shape index (κ2) is 9.56. The summed E-state index contributed by atoms with van der Waals surface area (Å²) in [7, 11) is 0. The number of hydrogen-bond donors (Lipinski definition) is 0. The number of hydrogen-bond acceptors (Lipinski definition) is 2. The van der Waals surface area contributed by atoms with Crippen LogP contribution in [0.4, 0.5) is 0 Å². The molecule has 0 aliphatic rings. The van der Waals surface area contributed by atoms with Gasteiger partial charge in [0, 0.05) is 32.1 Å². The number of allylic oxidation sites excluding steroid dienone is 1. The molecule has 2 atom stereocenters. The predicted molar refractivity (Wildman–Crippen MR) is 83.3 cm³/mol. The molecule has 2 unspecified atom stereocenters. The Kier molecular flexibility index (Phi) is 8.93. The Morgan fingerprint density at radius 2 is 1.35 bits per heavy atom. The van der Waals surface area contributed by atoms with Gasteiger partial charge in [-0.3, -0.25) is 9.59 Å². The third kappa shape index (κ3) is 4.66. The molecule has 0 bridgehead atoms. The lowest BCUT2D eigenvalue weighted by atomic mass is 9.88. The number of amides is 2. The molecule has 20 heavy (non-hydrogen) atoms. The van der Waals surface area contributed by atoms with Crippen molar-refractivity contribution in [3.05, 3.63) is 12.7 Å². The summed E-state index contributed by atoms with van der Waals surface area (Å²) >= 11 is 0. The van der Waals surface area contributed by atoms with E-state index in [0.717, 1.165) is 0 Å². The summed E-state index contributed by atoms with van der Waals surface area (Å²) in [6.07, 6.45) is 2.28. The van der Waals surface area contributed by atoms with Crippen LogP contribution in [0.1, 0.15) is 41.0 Å². The van der Waals surface area contributed by atoms with Crippen molar-refractivity contribution in [2.75, 3.05) is 26.2 Å². The van der Waals surface area contributed by atoms with Crippen LogP contribution in [-0.2, 0) is 9.59 Å². The fraction of sp³-hybridized carbons (Fsp3) is 0.750. The predicted octanol–water partition coefficient (Wildman–Crippen LogP) is 2.55. The van der Waals surface area contributed by atoms with E-state index in [2.05, 4.69) is 6.58 Å². The van der Waals surface area contributed by atoms with Gasteiger partial charge in [-0.25, -0.2) is 0 Å². The van der Waals surface area contributed by atoms with E-state index in [1.165, 1.54) is 0 Å². The summed E-state index contributed by atoms with van der Waals surface area (Å²) in [4.78, 5) is 28.6. The van der Waals surface area contributed by atoms with E-state index in [-0.39, 0.29) is 23.7 Å². The molecule has 0 saturated heterocycles. The van der Waals surface area contributed by atoms with E-state index in [1.54, 1.807) is 15.9 Å². The molecule has 0 aliphatic carbocycles. The summed E-state index contributed by atoms with van der Waals surface area (Å²) in [5.74, 6) is -0.494. The lowest BCUT2D eigenvalue weighted by Gasteiger charge is -2.30. The zero-order chi connectivity index (χ0) is 15.7. The van der Waals surface area contributed by atoms with Crippen molar-refractivity contribution >= 4 is 11.8 Å². The average molecular weight is 282 g/mol. The van der Waals surface area contributed by atoms with Gasteiger partial charge in [0.2, 0.25) is 11.8 Å². The molecular weight excluding hydrogens is 252 g/mol. The van der Waals surface area contributed by atoms with Crippen molar-refractivity contribution < 1.29 is 9.59 Å². The first-order valence-corrected chi connectivity index (χ1v) is 7.66. The molecule has 0 spiro atoms. The number of carbonyl (C=O) groups is 2. The largest absolute Gasteiger partial charge is 0.343 e. The Morgan fingerprint density at radius 3 is 1.70 bits per heavy atom. The Balaban J connectivity index is 5.11. The second-order valence-electron chi connectivity index (χ2n) is 4.94. The van der Waals surface area contributed by atoms with Gasteiger partial charge in [0.15, 0.2) is 0 Å². The molecule has 0 heterocycles. The lowest BCUT2D eigenvalue weighted by Crippen LogP contribution is -2.44. The monoisotopic (exact) mass is 282 g/mol. The average Bonchev–Trinajstić information content (AvgIpc) is 2.46. The zero-order valence-corrected chi connectivity index (χ0v) is 13.7. The van der Waals surface area contributed by atoms with E-state index in [0.29, 0.717) is 32.6 Å². The Labute approximate surface area is 123 Å². The van der Waals surface area contributed by atoms with Crippen LogP contribution in [0.2, 0.25) is 0 Å². The first kappa shape index (κ1) is 18.7. The topological polar surface area (TPSA) is 40.6 Å².